The summed E-state index contributed by atoms with van der Waals surface area (Å²) in [5, 5.41) is 21.3. The number of nitro groups is 1. The number of nitrogens with zero attached hydrogens (tertiary/aromatic N) is 2. The topological polar surface area (TPSA) is 102 Å². The number of ether oxygens (including phenoxy) is 1. The molecule has 0 bridgehead atoms. The number of benzene rings is 1. The second-order valence-corrected chi connectivity index (χ2v) is 4.81. The normalized spacial score (nSPS) is 12.0. The molecule has 0 atom stereocenters. The fourth-order valence-electron chi connectivity index (χ4n) is 1.93. The van der Waals surface area contributed by atoms with E-state index in [2.05, 4.69) is 16.3 Å². The number of carbonyl (C=O) groups excluding carboxylic acids is 1. The van der Waals surface area contributed by atoms with Crippen LogP contribution in [0.4, 0.5) is 18.9 Å². The van der Waals surface area contributed by atoms with Crippen molar-refractivity contribution in [3.63, 3.8) is 0 Å². The van der Waals surface area contributed by atoms with Crippen LogP contribution in [-0.4, -0.2) is 35.4 Å². The molecule has 7 nitrogen and oxygen atoms in total. The van der Waals surface area contributed by atoms with Gasteiger partial charge in [-0.1, -0.05) is 6.08 Å². The SMILES string of the molecule is C=CCN=CC(C(=O)OCC)=C(O)c1c(F)c(C)c(F)c(F)c1[N+](=O)[O-]. The molecule has 0 amide bonds. The van der Waals surface area contributed by atoms with Crippen molar-refractivity contribution in [2.24, 2.45) is 4.99 Å². The van der Waals surface area contributed by atoms with E-state index in [0.29, 0.717) is 0 Å². The molecule has 1 rings (SSSR count). The van der Waals surface area contributed by atoms with Crippen molar-refractivity contribution in [3.05, 3.63) is 56.9 Å². The molecule has 10 heteroatoms. The number of aliphatic hydroxyl groups is 1. The number of rotatable bonds is 7. The summed E-state index contributed by atoms with van der Waals surface area (Å²) >= 11 is 0. The maximum atomic E-state index is 14.4. The Bertz CT molecular complexity index is 819. The Morgan fingerprint density at radius 1 is 1.35 bits per heavy atom. The van der Waals surface area contributed by atoms with Gasteiger partial charge < -0.3 is 9.84 Å². The van der Waals surface area contributed by atoms with E-state index < -0.39 is 56.5 Å². The highest BCUT2D eigenvalue weighted by molar-refractivity contribution is 6.15. The molecule has 26 heavy (non-hydrogen) atoms. The Hall–Kier alpha value is -3.17. The molecule has 0 aromatic heterocycles. The number of hydrogen-bond donors (Lipinski definition) is 1. The molecular weight excluding hydrogens is 357 g/mol. The van der Waals surface area contributed by atoms with Crippen LogP contribution >= 0.6 is 0 Å². The number of aliphatic hydroxyl groups excluding tert-OH is 1. The number of hydrogen-bond acceptors (Lipinski definition) is 6. The quantitative estimate of drug-likeness (QED) is 0.115. The molecule has 0 aliphatic rings. The van der Waals surface area contributed by atoms with Crippen LogP contribution in [0.1, 0.15) is 18.1 Å². The fourth-order valence-corrected chi connectivity index (χ4v) is 1.93. The minimum Gasteiger partial charge on any atom is -0.506 e. The van der Waals surface area contributed by atoms with Crippen LogP contribution in [0.2, 0.25) is 0 Å². The average Bonchev–Trinajstić information content (AvgIpc) is 2.59. The Balaban J connectivity index is 3.87. The third-order valence-electron chi connectivity index (χ3n) is 3.14. The lowest BCUT2D eigenvalue weighted by Gasteiger charge is -2.11. The zero-order valence-electron chi connectivity index (χ0n) is 13.9. The maximum absolute atomic E-state index is 14.4. The van der Waals surface area contributed by atoms with E-state index in [9.17, 15) is 33.2 Å². The molecule has 0 aliphatic heterocycles. The van der Waals surface area contributed by atoms with Gasteiger partial charge in [-0.25, -0.2) is 13.6 Å². The summed E-state index contributed by atoms with van der Waals surface area (Å²) in [6.07, 6.45) is 2.11. The van der Waals surface area contributed by atoms with E-state index in [4.69, 9.17) is 0 Å². The highest BCUT2D eigenvalue weighted by atomic mass is 19.2. The van der Waals surface area contributed by atoms with Crippen molar-refractivity contribution in [2.45, 2.75) is 13.8 Å². The highest BCUT2D eigenvalue weighted by Gasteiger charge is 2.35. The summed E-state index contributed by atoms with van der Waals surface area (Å²) in [5.74, 6) is -7.83. The first-order chi connectivity index (χ1) is 12.2. The molecule has 0 radical (unpaired) electrons. The van der Waals surface area contributed by atoms with Gasteiger partial charge >= 0.3 is 11.7 Å². The molecule has 0 heterocycles. The Morgan fingerprint density at radius 3 is 2.46 bits per heavy atom. The maximum Gasteiger partial charge on any atom is 0.343 e. The Labute approximate surface area is 146 Å². The third kappa shape index (κ3) is 4.08. The Morgan fingerprint density at radius 2 is 1.96 bits per heavy atom. The second-order valence-electron chi connectivity index (χ2n) is 4.81. The third-order valence-corrected chi connectivity index (χ3v) is 3.14. The van der Waals surface area contributed by atoms with Crippen molar-refractivity contribution < 1.29 is 32.7 Å². The van der Waals surface area contributed by atoms with Crippen LogP contribution < -0.4 is 0 Å². The predicted molar refractivity (Wildman–Crippen MR) is 87.4 cm³/mol. The molecule has 0 unspecified atom stereocenters. The van der Waals surface area contributed by atoms with Gasteiger partial charge in [-0.05, 0) is 13.8 Å². The van der Waals surface area contributed by atoms with Gasteiger partial charge in [0.25, 0.3) is 0 Å². The van der Waals surface area contributed by atoms with Crippen LogP contribution in [0, 0.1) is 34.5 Å². The molecule has 1 aromatic rings. The van der Waals surface area contributed by atoms with Crippen LogP contribution in [0.15, 0.2) is 23.2 Å². The standard InChI is InChI=1S/C16H15F3N2O5/c1-4-6-20-7-9(16(23)26-5-2)15(22)10-11(17)8(3)12(18)13(19)14(10)21(24)25/h4,7,22H,1,5-6H2,2-3H3. The van der Waals surface area contributed by atoms with E-state index in [1.807, 2.05) is 0 Å². The highest BCUT2D eigenvalue weighted by Crippen LogP contribution is 2.35. The van der Waals surface area contributed by atoms with E-state index >= 15 is 0 Å². The van der Waals surface area contributed by atoms with Gasteiger partial charge in [0.15, 0.2) is 5.82 Å². The molecule has 140 valence electrons. The molecule has 0 aliphatic carbocycles. The van der Waals surface area contributed by atoms with Crippen molar-refractivity contribution in [2.75, 3.05) is 13.2 Å². The lowest BCUT2D eigenvalue weighted by atomic mass is 10.0. The van der Waals surface area contributed by atoms with Gasteiger partial charge in [-0.15, -0.1) is 6.58 Å². The summed E-state index contributed by atoms with van der Waals surface area (Å²) in [6, 6.07) is 0. The molecule has 0 saturated heterocycles. The smallest absolute Gasteiger partial charge is 0.343 e. The van der Waals surface area contributed by atoms with Gasteiger partial charge in [0.2, 0.25) is 5.82 Å². The van der Waals surface area contributed by atoms with Gasteiger partial charge in [0.05, 0.1) is 18.1 Å². The first-order valence-corrected chi connectivity index (χ1v) is 7.21. The zero-order valence-corrected chi connectivity index (χ0v) is 13.9. The lowest BCUT2D eigenvalue weighted by Crippen LogP contribution is -2.14. The fraction of sp³-hybridized carbons (Fsp3) is 0.250. The van der Waals surface area contributed by atoms with E-state index in [1.165, 1.54) is 13.0 Å². The number of aliphatic imine (C=N–C) groups is 1. The largest absolute Gasteiger partial charge is 0.506 e. The lowest BCUT2D eigenvalue weighted by molar-refractivity contribution is -0.388. The van der Waals surface area contributed by atoms with Gasteiger partial charge in [-0.3, -0.25) is 15.1 Å². The van der Waals surface area contributed by atoms with Crippen molar-refractivity contribution in [1.82, 2.24) is 0 Å². The summed E-state index contributed by atoms with van der Waals surface area (Å²) in [4.78, 5) is 25.3. The van der Waals surface area contributed by atoms with E-state index in [0.717, 1.165) is 13.1 Å². The Kier molecular flexibility index (Phi) is 7.06. The number of carbonyl (C=O) groups is 1. The minimum atomic E-state index is -1.97. The van der Waals surface area contributed by atoms with Crippen molar-refractivity contribution in [1.29, 1.82) is 0 Å². The van der Waals surface area contributed by atoms with E-state index in [1.54, 1.807) is 0 Å². The van der Waals surface area contributed by atoms with E-state index in [-0.39, 0.29) is 13.2 Å². The van der Waals surface area contributed by atoms with Gasteiger partial charge in [-0.2, -0.15) is 4.39 Å². The zero-order chi connectivity index (χ0) is 20.0. The van der Waals surface area contributed by atoms with Crippen LogP contribution in [0.25, 0.3) is 5.76 Å². The molecule has 0 fully saturated rings. The predicted octanol–water partition coefficient (Wildman–Crippen LogP) is 3.41. The molecular formula is C16H15F3N2O5. The number of halogens is 3. The molecule has 0 spiro atoms. The minimum absolute atomic E-state index is 0.00241. The molecule has 1 N–H and O–H groups in total. The molecule has 0 saturated carbocycles. The second kappa shape index (κ2) is 8.79. The first kappa shape index (κ1) is 20.9. The monoisotopic (exact) mass is 372 g/mol. The van der Waals surface area contributed by atoms with Crippen LogP contribution in [0.3, 0.4) is 0 Å². The van der Waals surface area contributed by atoms with Crippen molar-refractivity contribution >= 4 is 23.6 Å². The molecule has 1 aromatic carbocycles. The summed E-state index contributed by atoms with van der Waals surface area (Å²) in [5.41, 5.74) is -4.59. The number of esters is 1. The average molecular weight is 372 g/mol. The summed E-state index contributed by atoms with van der Waals surface area (Å²) < 4.78 is 46.7. The first-order valence-electron chi connectivity index (χ1n) is 7.21. The summed E-state index contributed by atoms with van der Waals surface area (Å²) in [7, 11) is 0. The van der Waals surface area contributed by atoms with Crippen molar-refractivity contribution in [3.8, 4) is 0 Å². The van der Waals surface area contributed by atoms with Gasteiger partial charge in [0, 0.05) is 11.8 Å². The summed E-state index contributed by atoms with van der Waals surface area (Å²) in [6.45, 7) is 5.51. The number of nitro benzene ring substituents is 1. The van der Waals surface area contributed by atoms with Crippen LogP contribution in [-0.2, 0) is 9.53 Å². The van der Waals surface area contributed by atoms with Crippen LogP contribution in [0.5, 0.6) is 0 Å². The van der Waals surface area contributed by atoms with Gasteiger partial charge in [0.1, 0.15) is 22.7 Å².